The minimum Gasteiger partial charge on any atom is -0.348 e. The Morgan fingerprint density at radius 2 is 1.78 bits per heavy atom. The van der Waals surface area contributed by atoms with E-state index in [9.17, 15) is 4.79 Å². The summed E-state index contributed by atoms with van der Waals surface area (Å²) in [5.74, 6) is 2.69. The van der Waals surface area contributed by atoms with Gasteiger partial charge in [0, 0.05) is 22.3 Å². The van der Waals surface area contributed by atoms with Crippen LogP contribution in [0.1, 0.15) is 85.6 Å². The van der Waals surface area contributed by atoms with Crippen LogP contribution in [0, 0.1) is 30.1 Å². The van der Waals surface area contributed by atoms with Crippen LogP contribution in [0.5, 0.6) is 0 Å². The van der Waals surface area contributed by atoms with E-state index in [0.717, 1.165) is 65.3 Å². The van der Waals surface area contributed by atoms with Crippen LogP contribution in [0.25, 0.3) is 5.69 Å². The zero-order chi connectivity index (χ0) is 22.0. The number of halogens is 1. The molecule has 0 aliphatic heterocycles. The van der Waals surface area contributed by atoms with Gasteiger partial charge in [-0.05, 0) is 125 Å². The number of fused-ring (bicyclic) bond motifs is 1. The van der Waals surface area contributed by atoms with Gasteiger partial charge < -0.3 is 5.32 Å². The second-order valence-corrected chi connectivity index (χ2v) is 11.7. The van der Waals surface area contributed by atoms with Gasteiger partial charge in [0.05, 0.1) is 5.69 Å². The Morgan fingerprint density at radius 3 is 2.44 bits per heavy atom. The van der Waals surface area contributed by atoms with Crippen LogP contribution in [-0.4, -0.2) is 21.7 Å². The number of carbonyl (C=O) groups is 1. The summed E-state index contributed by atoms with van der Waals surface area (Å²) in [5, 5.41) is 9.10. The van der Waals surface area contributed by atoms with Crippen LogP contribution in [-0.2, 0) is 12.8 Å². The average Bonchev–Trinajstić information content (AvgIpc) is 3.12. The number of rotatable bonds is 4. The number of nitrogens with one attached hydrogen (secondary N) is 1. The lowest BCUT2D eigenvalue weighted by Crippen LogP contribution is -2.55. The highest BCUT2D eigenvalue weighted by molar-refractivity contribution is 6.30. The maximum atomic E-state index is 13.6. The molecule has 170 valence electrons. The molecule has 1 aromatic carbocycles. The summed E-state index contributed by atoms with van der Waals surface area (Å²) in [4.78, 5) is 13.6. The van der Waals surface area contributed by atoms with Crippen LogP contribution >= 0.6 is 11.6 Å². The first-order chi connectivity index (χ1) is 15.4. The Kier molecular flexibility index (Phi) is 4.94. The van der Waals surface area contributed by atoms with E-state index >= 15 is 0 Å². The lowest BCUT2D eigenvalue weighted by molar-refractivity contribution is -0.0688. The van der Waals surface area contributed by atoms with E-state index in [4.69, 9.17) is 16.7 Å². The van der Waals surface area contributed by atoms with Crippen molar-refractivity contribution in [3.05, 3.63) is 45.7 Å². The molecule has 1 atom stereocenters. The maximum absolute atomic E-state index is 13.6. The third kappa shape index (κ3) is 3.32. The summed E-state index contributed by atoms with van der Waals surface area (Å²) in [6, 6.07) is 6.13. The highest BCUT2D eigenvalue weighted by Gasteiger charge is 2.53. The predicted octanol–water partition coefficient (Wildman–Crippen LogP) is 6.05. The van der Waals surface area contributed by atoms with Crippen LogP contribution in [0.3, 0.4) is 0 Å². The van der Waals surface area contributed by atoms with E-state index in [1.54, 1.807) is 0 Å². The lowest BCUT2D eigenvalue weighted by Gasteiger charge is -2.59. The molecule has 7 rings (SSSR count). The molecule has 0 radical (unpaired) electrons. The Labute approximate surface area is 196 Å². The number of amides is 1. The number of aryl methyl sites for hydroxylation is 1. The van der Waals surface area contributed by atoms with Crippen molar-refractivity contribution in [2.24, 2.45) is 23.2 Å². The first-order valence-electron chi connectivity index (χ1n) is 12.6. The van der Waals surface area contributed by atoms with E-state index in [1.165, 1.54) is 44.2 Å². The van der Waals surface area contributed by atoms with Gasteiger partial charge in [-0.25, -0.2) is 4.68 Å². The topological polar surface area (TPSA) is 46.9 Å². The van der Waals surface area contributed by atoms with Crippen molar-refractivity contribution in [2.75, 3.05) is 0 Å². The molecule has 4 bridgehead atoms. The van der Waals surface area contributed by atoms with Crippen molar-refractivity contribution >= 4 is 17.5 Å². The Hall–Kier alpha value is -1.81. The number of hydrogen-bond acceptors (Lipinski definition) is 2. The highest BCUT2D eigenvalue weighted by atomic mass is 35.5. The summed E-state index contributed by atoms with van der Waals surface area (Å²) in [5.41, 5.74) is 5.42. The van der Waals surface area contributed by atoms with Crippen molar-refractivity contribution < 1.29 is 4.79 Å². The number of carbonyl (C=O) groups excluding carboxylic acids is 1. The third-order valence-corrected chi connectivity index (χ3v) is 9.37. The molecule has 2 aromatic rings. The Bertz CT molecular complexity index is 1040. The highest BCUT2D eigenvalue weighted by Crippen LogP contribution is 2.61. The molecule has 1 aromatic heterocycles. The second-order valence-electron chi connectivity index (χ2n) is 11.3. The number of aromatic nitrogens is 2. The van der Waals surface area contributed by atoms with Crippen LogP contribution < -0.4 is 5.32 Å². The molecule has 4 fully saturated rings. The normalized spacial score (nSPS) is 31.4. The molecular weight excluding hydrogens is 418 g/mol. The van der Waals surface area contributed by atoms with Gasteiger partial charge >= 0.3 is 0 Å². The van der Waals surface area contributed by atoms with Gasteiger partial charge in [0.1, 0.15) is 0 Å². The number of nitrogens with zero attached hydrogens (tertiary/aromatic N) is 2. The zero-order valence-electron chi connectivity index (χ0n) is 19.3. The summed E-state index contributed by atoms with van der Waals surface area (Å²) in [7, 11) is 0. The lowest BCUT2D eigenvalue weighted by atomic mass is 9.48. The predicted molar refractivity (Wildman–Crippen MR) is 127 cm³/mol. The van der Waals surface area contributed by atoms with E-state index in [-0.39, 0.29) is 11.9 Å². The fraction of sp³-hybridized carbons (Fsp3) is 0.630. The summed E-state index contributed by atoms with van der Waals surface area (Å²) in [6.45, 7) is 4.32. The van der Waals surface area contributed by atoms with Crippen LogP contribution in [0.15, 0.2) is 18.2 Å². The van der Waals surface area contributed by atoms with Gasteiger partial charge in [-0.3, -0.25) is 4.79 Å². The molecule has 4 saturated carbocycles. The largest absolute Gasteiger partial charge is 0.348 e. The zero-order valence-corrected chi connectivity index (χ0v) is 20.0. The molecule has 0 spiro atoms. The fourth-order valence-corrected chi connectivity index (χ4v) is 8.19. The molecule has 0 saturated heterocycles. The summed E-state index contributed by atoms with van der Waals surface area (Å²) < 4.78 is 2.02. The summed E-state index contributed by atoms with van der Waals surface area (Å²) >= 11 is 6.20. The van der Waals surface area contributed by atoms with Gasteiger partial charge in [-0.2, -0.15) is 5.10 Å². The molecular formula is C27H34ClN3O. The van der Waals surface area contributed by atoms with Crippen LogP contribution in [0.4, 0.5) is 0 Å². The molecule has 5 aliphatic rings. The quantitative estimate of drug-likeness (QED) is 0.615. The van der Waals surface area contributed by atoms with Crippen molar-refractivity contribution in [1.29, 1.82) is 0 Å². The van der Waals surface area contributed by atoms with Gasteiger partial charge in [0.15, 0.2) is 5.69 Å². The SMILES string of the molecule is Cc1cc(Cl)ccc1-n1nc(C(=O)NC(C)C23CC4CC(CC(C4)C2)C3)c2c1CCCC2. The maximum Gasteiger partial charge on any atom is 0.272 e. The standard InChI is InChI=1S/C27H34ClN3O/c1-16-9-21(28)7-8-23(16)31-24-6-4-3-5-22(24)25(30-31)26(32)29-17(2)27-13-18-10-19(14-27)12-20(11-18)15-27/h7-9,17-20H,3-6,10-15H2,1-2H3,(H,29,32). The third-order valence-electron chi connectivity index (χ3n) is 9.13. The Balaban J connectivity index is 1.30. The van der Waals surface area contributed by atoms with E-state index in [1.807, 2.05) is 22.9 Å². The smallest absolute Gasteiger partial charge is 0.272 e. The molecule has 1 unspecified atom stereocenters. The number of benzene rings is 1. The fourth-order valence-electron chi connectivity index (χ4n) is 7.96. The van der Waals surface area contributed by atoms with Gasteiger partial charge in [0.2, 0.25) is 0 Å². The monoisotopic (exact) mass is 451 g/mol. The molecule has 1 amide bonds. The second kappa shape index (κ2) is 7.62. The van der Waals surface area contributed by atoms with E-state index in [0.29, 0.717) is 11.1 Å². The number of hydrogen-bond donors (Lipinski definition) is 1. The molecule has 4 nitrogen and oxygen atoms in total. The molecule has 32 heavy (non-hydrogen) atoms. The van der Waals surface area contributed by atoms with E-state index < -0.39 is 0 Å². The van der Waals surface area contributed by atoms with Gasteiger partial charge in [-0.1, -0.05) is 11.6 Å². The van der Waals surface area contributed by atoms with E-state index in [2.05, 4.69) is 19.2 Å². The Morgan fingerprint density at radius 1 is 1.12 bits per heavy atom. The molecule has 5 heteroatoms. The van der Waals surface area contributed by atoms with Gasteiger partial charge in [-0.15, -0.1) is 0 Å². The minimum atomic E-state index is 0.0248. The molecule has 1 heterocycles. The van der Waals surface area contributed by atoms with Crippen molar-refractivity contribution in [3.8, 4) is 5.69 Å². The van der Waals surface area contributed by atoms with Crippen molar-refractivity contribution in [1.82, 2.24) is 15.1 Å². The van der Waals surface area contributed by atoms with Gasteiger partial charge in [0.25, 0.3) is 5.91 Å². The summed E-state index contributed by atoms with van der Waals surface area (Å²) in [6.07, 6.45) is 12.4. The molecule has 1 N–H and O–H groups in total. The molecule has 5 aliphatic carbocycles. The first kappa shape index (κ1) is 20.8. The van der Waals surface area contributed by atoms with Crippen molar-refractivity contribution in [3.63, 3.8) is 0 Å². The van der Waals surface area contributed by atoms with Crippen LogP contribution in [0.2, 0.25) is 5.02 Å². The van der Waals surface area contributed by atoms with Crippen molar-refractivity contribution in [2.45, 2.75) is 84.1 Å². The average molecular weight is 452 g/mol. The first-order valence-corrected chi connectivity index (χ1v) is 13.0. The minimum absolute atomic E-state index is 0.0248.